The second-order valence-corrected chi connectivity index (χ2v) is 9.35. The number of carbonyl (C=O) groups is 2. The van der Waals surface area contributed by atoms with Crippen LogP contribution < -0.4 is 10.1 Å². The number of nitrogens with zero attached hydrogens (tertiary/aromatic N) is 1. The Balaban J connectivity index is 1.91. The predicted octanol–water partition coefficient (Wildman–Crippen LogP) is 4.16. The lowest BCUT2D eigenvalue weighted by molar-refractivity contribution is -0.116. The van der Waals surface area contributed by atoms with Crippen LogP contribution >= 0.6 is 11.8 Å². The lowest BCUT2D eigenvalue weighted by Crippen LogP contribution is -2.28. The molecule has 1 amide bonds. The third-order valence-electron chi connectivity index (χ3n) is 4.89. The quantitative estimate of drug-likeness (QED) is 0.710. The molecule has 0 aliphatic carbocycles. The standard InChI is InChI=1S/C21H22F2N2O4S/c1-21(2)10-13(12-5-6-14(22)16(23)17(12)28-3)18(30-21)19(26)25-11-7-8-24-15(9-11)20(27)29-4/h5-9,13,18H,10H2,1-4H3,(H,24,25,26). The maximum absolute atomic E-state index is 14.3. The van der Waals surface area contributed by atoms with Gasteiger partial charge in [0.25, 0.3) is 0 Å². The van der Waals surface area contributed by atoms with Crippen LogP contribution in [0.5, 0.6) is 5.75 Å². The molecule has 0 spiro atoms. The Kier molecular flexibility index (Phi) is 6.30. The highest BCUT2D eigenvalue weighted by molar-refractivity contribution is 8.02. The van der Waals surface area contributed by atoms with E-state index in [2.05, 4.69) is 15.0 Å². The number of hydrogen-bond donors (Lipinski definition) is 1. The molecule has 0 saturated carbocycles. The first kappa shape index (κ1) is 22.0. The minimum absolute atomic E-state index is 0.0635. The monoisotopic (exact) mass is 436 g/mol. The van der Waals surface area contributed by atoms with Crippen molar-refractivity contribution < 1.29 is 27.8 Å². The fraction of sp³-hybridized carbons (Fsp3) is 0.381. The molecule has 1 saturated heterocycles. The van der Waals surface area contributed by atoms with Gasteiger partial charge in [0.15, 0.2) is 11.6 Å². The van der Waals surface area contributed by atoms with Gasteiger partial charge in [-0.3, -0.25) is 4.79 Å². The van der Waals surface area contributed by atoms with Gasteiger partial charge in [-0.15, -0.1) is 11.8 Å². The van der Waals surface area contributed by atoms with E-state index in [1.54, 1.807) is 6.07 Å². The van der Waals surface area contributed by atoms with E-state index in [-0.39, 0.29) is 22.1 Å². The van der Waals surface area contributed by atoms with E-state index in [9.17, 15) is 18.4 Å². The van der Waals surface area contributed by atoms with Gasteiger partial charge >= 0.3 is 5.97 Å². The van der Waals surface area contributed by atoms with Crippen LogP contribution in [0.2, 0.25) is 0 Å². The summed E-state index contributed by atoms with van der Waals surface area (Å²) >= 11 is 1.45. The van der Waals surface area contributed by atoms with Gasteiger partial charge in [0, 0.05) is 28.1 Å². The van der Waals surface area contributed by atoms with Crippen molar-refractivity contribution >= 4 is 29.3 Å². The van der Waals surface area contributed by atoms with Crippen LogP contribution in [0, 0.1) is 11.6 Å². The van der Waals surface area contributed by atoms with E-state index in [0.717, 1.165) is 6.07 Å². The van der Waals surface area contributed by atoms with Gasteiger partial charge < -0.3 is 14.8 Å². The van der Waals surface area contributed by atoms with Crippen LogP contribution in [0.25, 0.3) is 0 Å². The van der Waals surface area contributed by atoms with Gasteiger partial charge in [-0.1, -0.05) is 19.9 Å². The SMILES string of the molecule is COC(=O)c1cc(NC(=O)C2SC(C)(C)CC2c2ccc(F)c(F)c2OC)ccn1. The summed E-state index contributed by atoms with van der Waals surface area (Å²) in [6.07, 6.45) is 1.96. The third-order valence-corrected chi connectivity index (χ3v) is 6.49. The first-order chi connectivity index (χ1) is 14.2. The van der Waals surface area contributed by atoms with Crippen LogP contribution in [0.15, 0.2) is 30.5 Å². The molecular weight excluding hydrogens is 414 g/mol. The maximum atomic E-state index is 14.3. The minimum Gasteiger partial charge on any atom is -0.493 e. The van der Waals surface area contributed by atoms with E-state index in [1.807, 2.05) is 13.8 Å². The summed E-state index contributed by atoms with van der Waals surface area (Å²) < 4.78 is 37.5. The molecule has 0 bridgehead atoms. The highest BCUT2D eigenvalue weighted by Gasteiger charge is 2.46. The number of esters is 1. The molecule has 160 valence electrons. The smallest absolute Gasteiger partial charge is 0.356 e. The highest BCUT2D eigenvalue weighted by Crippen LogP contribution is 2.53. The Morgan fingerprint density at radius 1 is 1.23 bits per heavy atom. The summed E-state index contributed by atoms with van der Waals surface area (Å²) in [5.74, 6) is -3.59. The molecule has 1 aliphatic heterocycles. The van der Waals surface area contributed by atoms with Crippen LogP contribution in [0.1, 0.15) is 42.2 Å². The average Bonchev–Trinajstić information content (AvgIpc) is 3.05. The van der Waals surface area contributed by atoms with E-state index < -0.39 is 28.8 Å². The highest BCUT2D eigenvalue weighted by atomic mass is 32.2. The lowest BCUT2D eigenvalue weighted by Gasteiger charge is -2.21. The zero-order valence-electron chi connectivity index (χ0n) is 17.0. The molecule has 2 atom stereocenters. The number of ether oxygens (including phenoxy) is 2. The number of halogens is 2. The second kappa shape index (κ2) is 8.59. The molecule has 1 aromatic heterocycles. The Hall–Kier alpha value is -2.68. The van der Waals surface area contributed by atoms with Crippen molar-refractivity contribution in [2.75, 3.05) is 19.5 Å². The van der Waals surface area contributed by atoms with Crippen molar-refractivity contribution in [3.05, 3.63) is 53.4 Å². The lowest BCUT2D eigenvalue weighted by atomic mass is 9.86. The number of nitrogens with one attached hydrogen (secondary N) is 1. The summed E-state index contributed by atoms with van der Waals surface area (Å²) in [7, 11) is 2.52. The first-order valence-electron chi connectivity index (χ1n) is 9.22. The largest absolute Gasteiger partial charge is 0.493 e. The summed E-state index contributed by atoms with van der Waals surface area (Å²) in [5.41, 5.74) is 0.893. The number of aromatic nitrogens is 1. The number of benzene rings is 1. The van der Waals surface area contributed by atoms with Gasteiger partial charge in [0.2, 0.25) is 11.7 Å². The molecule has 1 aromatic carbocycles. The van der Waals surface area contributed by atoms with Gasteiger partial charge in [0.05, 0.1) is 19.5 Å². The normalized spacial score (nSPS) is 19.9. The molecule has 2 unspecified atom stereocenters. The number of anilines is 1. The van der Waals surface area contributed by atoms with Crippen molar-refractivity contribution in [2.24, 2.45) is 0 Å². The number of pyridine rings is 1. The second-order valence-electron chi connectivity index (χ2n) is 7.50. The van der Waals surface area contributed by atoms with Crippen LogP contribution in [0.3, 0.4) is 0 Å². The predicted molar refractivity (Wildman–Crippen MR) is 110 cm³/mol. The van der Waals surface area contributed by atoms with Crippen molar-refractivity contribution in [2.45, 2.75) is 36.2 Å². The summed E-state index contributed by atoms with van der Waals surface area (Å²) in [6.45, 7) is 3.98. The minimum atomic E-state index is -1.07. The number of thioether (sulfide) groups is 1. The third kappa shape index (κ3) is 4.40. The maximum Gasteiger partial charge on any atom is 0.356 e. The van der Waals surface area contributed by atoms with Crippen molar-refractivity contribution in [1.29, 1.82) is 0 Å². The topological polar surface area (TPSA) is 77.5 Å². The Morgan fingerprint density at radius 2 is 1.97 bits per heavy atom. The van der Waals surface area contributed by atoms with Crippen molar-refractivity contribution in [1.82, 2.24) is 4.98 Å². The van der Waals surface area contributed by atoms with E-state index in [0.29, 0.717) is 17.7 Å². The number of carbonyl (C=O) groups excluding carboxylic acids is 2. The Morgan fingerprint density at radius 3 is 2.63 bits per heavy atom. The molecule has 6 nitrogen and oxygen atoms in total. The molecular formula is C21H22F2N2O4S. The first-order valence-corrected chi connectivity index (χ1v) is 10.1. The van der Waals surface area contributed by atoms with Gasteiger partial charge in [0.1, 0.15) is 5.69 Å². The van der Waals surface area contributed by atoms with E-state index >= 15 is 0 Å². The number of rotatable bonds is 5. The van der Waals surface area contributed by atoms with Crippen LogP contribution in [0.4, 0.5) is 14.5 Å². The molecule has 0 radical (unpaired) electrons. The van der Waals surface area contributed by atoms with Crippen LogP contribution in [-0.4, -0.2) is 41.1 Å². The van der Waals surface area contributed by atoms with Gasteiger partial charge in [-0.2, -0.15) is 4.39 Å². The fourth-order valence-electron chi connectivity index (χ4n) is 3.60. The molecule has 1 fully saturated rings. The van der Waals surface area contributed by atoms with Crippen molar-refractivity contribution in [3.63, 3.8) is 0 Å². The summed E-state index contributed by atoms with van der Waals surface area (Å²) in [5, 5.41) is 2.21. The Labute approximate surface area is 177 Å². The summed E-state index contributed by atoms with van der Waals surface area (Å²) in [6, 6.07) is 5.49. The molecule has 1 N–H and O–H groups in total. The average molecular weight is 436 g/mol. The Bertz CT molecular complexity index is 983. The van der Waals surface area contributed by atoms with Crippen molar-refractivity contribution in [3.8, 4) is 5.75 Å². The molecule has 2 aromatic rings. The fourth-order valence-corrected chi connectivity index (χ4v) is 5.14. The van der Waals surface area contributed by atoms with Gasteiger partial charge in [-0.25, -0.2) is 14.2 Å². The molecule has 9 heteroatoms. The zero-order valence-corrected chi connectivity index (χ0v) is 17.8. The molecule has 3 rings (SSSR count). The number of methoxy groups -OCH3 is 2. The zero-order chi connectivity index (χ0) is 22.1. The van der Waals surface area contributed by atoms with E-state index in [1.165, 1.54) is 44.3 Å². The van der Waals surface area contributed by atoms with E-state index in [4.69, 9.17) is 4.74 Å². The number of amides is 1. The molecule has 1 aliphatic rings. The van der Waals surface area contributed by atoms with Gasteiger partial charge in [-0.05, 0) is 24.6 Å². The molecule has 30 heavy (non-hydrogen) atoms. The molecule has 2 heterocycles. The summed E-state index contributed by atoms with van der Waals surface area (Å²) in [4.78, 5) is 28.7. The van der Waals surface area contributed by atoms with Crippen LogP contribution in [-0.2, 0) is 9.53 Å². The number of hydrogen-bond acceptors (Lipinski definition) is 6.